The van der Waals surface area contributed by atoms with Crippen molar-refractivity contribution >= 4 is 23.3 Å². The summed E-state index contributed by atoms with van der Waals surface area (Å²) in [7, 11) is 0. The minimum Gasteiger partial charge on any atom is -0.368 e. The van der Waals surface area contributed by atoms with Crippen LogP contribution in [0.5, 0.6) is 0 Å². The van der Waals surface area contributed by atoms with Gasteiger partial charge in [-0.1, -0.05) is 18.2 Å². The number of anilines is 2. The number of benzene rings is 1. The molecule has 0 bridgehead atoms. The number of pyridine rings is 1. The van der Waals surface area contributed by atoms with Gasteiger partial charge in [-0.05, 0) is 23.8 Å². The van der Waals surface area contributed by atoms with Gasteiger partial charge in [-0.2, -0.15) is 0 Å². The predicted molar refractivity (Wildman–Crippen MR) is 121 cm³/mol. The van der Waals surface area contributed by atoms with Gasteiger partial charge in [0.1, 0.15) is 11.9 Å². The van der Waals surface area contributed by atoms with E-state index in [1.807, 2.05) is 36.4 Å². The van der Waals surface area contributed by atoms with Gasteiger partial charge < -0.3 is 19.9 Å². The van der Waals surface area contributed by atoms with Crippen LogP contribution in [-0.2, 0) is 16.1 Å². The summed E-state index contributed by atoms with van der Waals surface area (Å²) in [6.07, 6.45) is 6.58. The smallest absolute Gasteiger partial charge is 0.254 e. The van der Waals surface area contributed by atoms with E-state index in [0.717, 1.165) is 22.5 Å². The van der Waals surface area contributed by atoms with E-state index in [2.05, 4.69) is 20.3 Å². The fraction of sp³-hybridized carbons (Fsp3) is 0.292. The number of nitrogens with zero attached hydrogens (tertiary/aromatic N) is 5. The van der Waals surface area contributed by atoms with E-state index >= 15 is 0 Å². The third-order valence-corrected chi connectivity index (χ3v) is 5.86. The van der Waals surface area contributed by atoms with Crippen molar-refractivity contribution in [1.82, 2.24) is 24.8 Å². The molecule has 2 aliphatic rings. The molecule has 0 aliphatic carbocycles. The highest BCUT2D eigenvalue weighted by Crippen LogP contribution is 2.24. The maximum absolute atomic E-state index is 12.9. The molecular weight excluding hydrogens is 420 g/mol. The molecule has 0 radical (unpaired) electrons. The van der Waals surface area contributed by atoms with Gasteiger partial charge in [-0.3, -0.25) is 19.6 Å². The number of carbonyl (C=O) groups is 2. The third-order valence-electron chi connectivity index (χ3n) is 5.86. The van der Waals surface area contributed by atoms with Gasteiger partial charge in [0, 0.05) is 44.0 Å². The average molecular weight is 444 g/mol. The van der Waals surface area contributed by atoms with E-state index in [-0.39, 0.29) is 17.9 Å². The Labute approximate surface area is 191 Å². The Hall–Kier alpha value is -3.85. The van der Waals surface area contributed by atoms with Crippen LogP contribution in [0.3, 0.4) is 0 Å². The Bertz CT molecular complexity index is 1140. The monoisotopic (exact) mass is 444 g/mol. The lowest BCUT2D eigenvalue weighted by atomic mass is 10.1. The van der Waals surface area contributed by atoms with Gasteiger partial charge >= 0.3 is 0 Å². The number of fused-ring (bicyclic) bond motifs is 1. The number of nitrogens with one attached hydrogen (secondary N) is 1. The quantitative estimate of drug-likeness (QED) is 0.624. The Morgan fingerprint density at radius 2 is 2.03 bits per heavy atom. The van der Waals surface area contributed by atoms with Crippen LogP contribution >= 0.6 is 0 Å². The normalized spacial score (nSPS) is 17.7. The third kappa shape index (κ3) is 4.68. The number of aromatic nitrogens is 3. The minimum atomic E-state index is -0.286. The number of rotatable bonds is 6. The number of hydrogen-bond donors (Lipinski definition) is 1. The summed E-state index contributed by atoms with van der Waals surface area (Å²) in [5, 5.41) is 3.14. The lowest BCUT2D eigenvalue weighted by Gasteiger charge is -2.33. The SMILES string of the molecule is O=C(CCN1Cc2ccccc2C1=O)N1CCO[C@H](c2ccc(Nc3cnccn3)cn2)C1. The van der Waals surface area contributed by atoms with Crippen molar-refractivity contribution in [3.05, 3.63) is 78.0 Å². The summed E-state index contributed by atoms with van der Waals surface area (Å²) in [5.74, 6) is 0.656. The van der Waals surface area contributed by atoms with Crippen LogP contribution in [0.2, 0.25) is 0 Å². The van der Waals surface area contributed by atoms with Crippen LogP contribution in [0.4, 0.5) is 11.5 Å². The van der Waals surface area contributed by atoms with E-state index in [9.17, 15) is 9.59 Å². The summed E-state index contributed by atoms with van der Waals surface area (Å²) < 4.78 is 5.88. The topological polar surface area (TPSA) is 101 Å². The van der Waals surface area contributed by atoms with E-state index in [1.54, 1.807) is 34.6 Å². The molecule has 1 N–H and O–H groups in total. The molecule has 1 aromatic carbocycles. The Balaban J connectivity index is 1.15. The van der Waals surface area contributed by atoms with Gasteiger partial charge in [-0.15, -0.1) is 0 Å². The predicted octanol–water partition coefficient (Wildman–Crippen LogP) is 2.56. The van der Waals surface area contributed by atoms with E-state index < -0.39 is 0 Å². The Morgan fingerprint density at radius 1 is 1.12 bits per heavy atom. The maximum atomic E-state index is 12.9. The molecular formula is C24H24N6O3. The van der Waals surface area contributed by atoms with Crippen molar-refractivity contribution in [3.63, 3.8) is 0 Å². The molecule has 0 saturated carbocycles. The van der Waals surface area contributed by atoms with Crippen molar-refractivity contribution in [2.24, 2.45) is 0 Å². The van der Waals surface area contributed by atoms with Crippen LogP contribution in [-0.4, -0.2) is 62.8 Å². The summed E-state index contributed by atoms with van der Waals surface area (Å²) in [5.41, 5.74) is 3.31. The minimum absolute atomic E-state index is 0.00219. The molecule has 33 heavy (non-hydrogen) atoms. The summed E-state index contributed by atoms with van der Waals surface area (Å²) in [6.45, 7) is 2.40. The number of ether oxygens (including phenoxy) is 1. The lowest BCUT2D eigenvalue weighted by molar-refractivity contribution is -0.139. The van der Waals surface area contributed by atoms with Crippen molar-refractivity contribution < 1.29 is 14.3 Å². The summed E-state index contributed by atoms with van der Waals surface area (Å²) in [4.78, 5) is 41.6. The first-order valence-corrected chi connectivity index (χ1v) is 10.9. The van der Waals surface area contributed by atoms with Gasteiger partial charge in [0.05, 0.1) is 36.9 Å². The van der Waals surface area contributed by atoms with Crippen molar-refractivity contribution in [2.45, 2.75) is 19.1 Å². The fourth-order valence-electron chi connectivity index (χ4n) is 4.12. The first kappa shape index (κ1) is 21.0. The van der Waals surface area contributed by atoms with Gasteiger partial charge in [-0.25, -0.2) is 4.98 Å². The molecule has 5 rings (SSSR count). The largest absolute Gasteiger partial charge is 0.368 e. The second-order valence-electron chi connectivity index (χ2n) is 8.02. The van der Waals surface area contributed by atoms with E-state index in [1.165, 1.54) is 0 Å². The molecule has 1 atom stereocenters. The van der Waals surface area contributed by atoms with Crippen LogP contribution in [0.1, 0.15) is 34.1 Å². The van der Waals surface area contributed by atoms with Gasteiger partial charge in [0.15, 0.2) is 0 Å². The standard InChI is InChI=1S/C24H24N6O3/c31-23(7-10-30-15-17-3-1-2-4-19(17)24(30)32)29-11-12-33-21(16-29)20-6-5-18(13-27-20)28-22-14-25-8-9-26-22/h1-6,8-9,13-14,21H,7,10-12,15-16H2,(H,26,28)/t21-/m0/s1. The number of hydrogen-bond acceptors (Lipinski definition) is 7. The molecule has 4 heterocycles. The zero-order valence-electron chi connectivity index (χ0n) is 18.1. The lowest BCUT2D eigenvalue weighted by Crippen LogP contribution is -2.43. The molecule has 0 spiro atoms. The van der Waals surface area contributed by atoms with Crippen LogP contribution < -0.4 is 5.32 Å². The second-order valence-corrected chi connectivity index (χ2v) is 8.02. The molecule has 1 fully saturated rings. The van der Waals surface area contributed by atoms with Crippen LogP contribution in [0.25, 0.3) is 0 Å². The van der Waals surface area contributed by atoms with Crippen LogP contribution in [0, 0.1) is 0 Å². The zero-order valence-corrected chi connectivity index (χ0v) is 18.1. The summed E-state index contributed by atoms with van der Waals surface area (Å²) >= 11 is 0. The first-order valence-electron chi connectivity index (χ1n) is 10.9. The number of amides is 2. The van der Waals surface area contributed by atoms with Crippen molar-refractivity contribution in [1.29, 1.82) is 0 Å². The van der Waals surface area contributed by atoms with E-state index in [0.29, 0.717) is 45.0 Å². The highest BCUT2D eigenvalue weighted by atomic mass is 16.5. The Morgan fingerprint density at radius 3 is 2.82 bits per heavy atom. The molecule has 9 heteroatoms. The maximum Gasteiger partial charge on any atom is 0.254 e. The molecule has 2 aromatic heterocycles. The van der Waals surface area contributed by atoms with E-state index in [4.69, 9.17) is 4.74 Å². The average Bonchev–Trinajstić information content (AvgIpc) is 3.19. The molecule has 0 unspecified atom stereocenters. The molecule has 2 aliphatic heterocycles. The van der Waals surface area contributed by atoms with Crippen LogP contribution in [0.15, 0.2) is 61.2 Å². The van der Waals surface area contributed by atoms with Crippen molar-refractivity contribution in [2.75, 3.05) is 31.6 Å². The van der Waals surface area contributed by atoms with Gasteiger partial charge in [0.25, 0.3) is 5.91 Å². The second kappa shape index (κ2) is 9.33. The fourth-order valence-corrected chi connectivity index (χ4v) is 4.12. The summed E-state index contributed by atoms with van der Waals surface area (Å²) in [6, 6.07) is 11.4. The highest BCUT2D eigenvalue weighted by molar-refractivity contribution is 5.98. The Kier molecular flexibility index (Phi) is 5.95. The molecule has 3 aromatic rings. The van der Waals surface area contributed by atoms with Gasteiger partial charge in [0.2, 0.25) is 5.91 Å². The van der Waals surface area contributed by atoms with Crippen molar-refractivity contribution in [3.8, 4) is 0 Å². The molecule has 9 nitrogen and oxygen atoms in total. The number of morpholine rings is 1. The zero-order chi connectivity index (χ0) is 22.6. The first-order chi connectivity index (χ1) is 16.2. The highest BCUT2D eigenvalue weighted by Gasteiger charge is 2.29. The molecule has 168 valence electrons. The molecule has 1 saturated heterocycles. The number of carbonyl (C=O) groups excluding carboxylic acids is 2. The molecule has 2 amide bonds.